The van der Waals surface area contributed by atoms with Gasteiger partial charge in [0.15, 0.2) is 0 Å². The van der Waals surface area contributed by atoms with Crippen LogP contribution in [-0.2, 0) is 10.2 Å². The van der Waals surface area contributed by atoms with E-state index in [1.165, 1.54) is 31.2 Å². The summed E-state index contributed by atoms with van der Waals surface area (Å²) < 4.78 is 41.3. The fourth-order valence-electron chi connectivity index (χ4n) is 3.06. The third kappa shape index (κ3) is 2.67. The number of hydrogen-bond acceptors (Lipinski definition) is 1. The van der Waals surface area contributed by atoms with E-state index in [1.54, 1.807) is 6.92 Å². The maximum Gasteiger partial charge on any atom is 0.313 e. The SMILES string of the molecule is CCC(C)(C(=O)O)c1c(-c2ccc(F)cc2)[nH]c2c(F)cc(F)cc12. The van der Waals surface area contributed by atoms with E-state index in [4.69, 9.17) is 0 Å². The molecule has 0 aliphatic rings. The molecule has 0 spiro atoms. The first-order chi connectivity index (χ1) is 11.8. The topological polar surface area (TPSA) is 53.1 Å². The molecule has 0 aliphatic heterocycles. The molecule has 0 radical (unpaired) electrons. The van der Waals surface area contributed by atoms with Gasteiger partial charge in [-0.2, -0.15) is 0 Å². The van der Waals surface area contributed by atoms with Crippen molar-refractivity contribution in [1.82, 2.24) is 4.98 Å². The Bertz CT molecular complexity index is 963. The molecule has 25 heavy (non-hydrogen) atoms. The van der Waals surface area contributed by atoms with Gasteiger partial charge in [-0.25, -0.2) is 13.2 Å². The normalized spacial score (nSPS) is 13.8. The summed E-state index contributed by atoms with van der Waals surface area (Å²) in [5, 5.41) is 9.93. The third-order valence-electron chi connectivity index (χ3n) is 4.69. The van der Waals surface area contributed by atoms with E-state index in [0.717, 1.165) is 12.1 Å². The van der Waals surface area contributed by atoms with E-state index in [-0.39, 0.29) is 22.9 Å². The number of aromatic nitrogens is 1. The Hall–Kier alpha value is -2.76. The van der Waals surface area contributed by atoms with Crippen LogP contribution in [0.5, 0.6) is 0 Å². The van der Waals surface area contributed by atoms with Crippen molar-refractivity contribution in [3.8, 4) is 11.3 Å². The lowest BCUT2D eigenvalue weighted by atomic mass is 9.77. The molecule has 1 unspecified atom stereocenters. The molecule has 3 rings (SSSR count). The number of benzene rings is 2. The van der Waals surface area contributed by atoms with E-state index >= 15 is 0 Å². The summed E-state index contributed by atoms with van der Waals surface area (Å²) in [6, 6.07) is 7.25. The number of carbonyl (C=O) groups is 1. The summed E-state index contributed by atoms with van der Waals surface area (Å²) in [6.45, 7) is 3.20. The number of nitrogens with one attached hydrogen (secondary N) is 1. The Labute approximate surface area is 142 Å². The molecule has 3 aromatic rings. The minimum Gasteiger partial charge on any atom is -0.481 e. The second-order valence-electron chi connectivity index (χ2n) is 6.18. The number of aromatic amines is 1. The minimum absolute atomic E-state index is 0.0247. The third-order valence-corrected chi connectivity index (χ3v) is 4.69. The summed E-state index contributed by atoms with van der Waals surface area (Å²) >= 11 is 0. The van der Waals surface area contributed by atoms with Crippen molar-refractivity contribution >= 4 is 16.9 Å². The molecule has 0 saturated carbocycles. The lowest BCUT2D eigenvalue weighted by molar-refractivity contribution is -0.143. The van der Waals surface area contributed by atoms with Crippen LogP contribution in [-0.4, -0.2) is 16.1 Å². The standard InChI is InChI=1S/C19H16F3NO2/c1-3-19(2,18(24)25)15-13-8-12(21)9-14(22)17(13)23-16(15)10-4-6-11(20)7-5-10/h4-9,23H,3H2,1-2H3,(H,24,25). The Kier molecular flexibility index (Phi) is 4.06. The lowest BCUT2D eigenvalue weighted by Gasteiger charge is -2.24. The fourth-order valence-corrected chi connectivity index (χ4v) is 3.06. The van der Waals surface area contributed by atoms with Gasteiger partial charge in [0, 0.05) is 17.0 Å². The van der Waals surface area contributed by atoms with Crippen LogP contribution < -0.4 is 0 Å². The molecule has 2 N–H and O–H groups in total. The van der Waals surface area contributed by atoms with Crippen molar-refractivity contribution in [3.63, 3.8) is 0 Å². The monoisotopic (exact) mass is 347 g/mol. The zero-order valence-electron chi connectivity index (χ0n) is 13.7. The van der Waals surface area contributed by atoms with Gasteiger partial charge in [-0.05, 0) is 49.2 Å². The minimum atomic E-state index is -1.37. The lowest BCUT2D eigenvalue weighted by Crippen LogP contribution is -2.32. The molecule has 0 amide bonds. The quantitative estimate of drug-likeness (QED) is 0.697. The molecule has 0 fully saturated rings. The predicted molar refractivity (Wildman–Crippen MR) is 88.9 cm³/mol. The average molecular weight is 347 g/mol. The first-order valence-electron chi connectivity index (χ1n) is 7.78. The molecule has 1 heterocycles. The van der Waals surface area contributed by atoms with Gasteiger partial charge < -0.3 is 10.1 Å². The van der Waals surface area contributed by atoms with Crippen molar-refractivity contribution < 1.29 is 23.1 Å². The molecular formula is C19H16F3NO2. The molecule has 2 aromatic carbocycles. The summed E-state index contributed by atoms with van der Waals surface area (Å²) in [6.07, 6.45) is 0.210. The molecule has 6 heteroatoms. The van der Waals surface area contributed by atoms with Crippen LogP contribution in [0.25, 0.3) is 22.2 Å². The van der Waals surface area contributed by atoms with Gasteiger partial charge in [0.1, 0.15) is 17.5 Å². The van der Waals surface area contributed by atoms with E-state index in [0.29, 0.717) is 11.3 Å². The molecule has 130 valence electrons. The molecule has 1 aromatic heterocycles. The smallest absolute Gasteiger partial charge is 0.313 e. The number of fused-ring (bicyclic) bond motifs is 1. The molecule has 0 bridgehead atoms. The second kappa shape index (κ2) is 5.95. The zero-order chi connectivity index (χ0) is 18.4. The Morgan fingerprint density at radius 1 is 1.12 bits per heavy atom. The highest BCUT2D eigenvalue weighted by molar-refractivity contribution is 5.98. The van der Waals surface area contributed by atoms with E-state index < -0.39 is 28.8 Å². The molecule has 3 nitrogen and oxygen atoms in total. The van der Waals surface area contributed by atoms with Crippen LogP contribution >= 0.6 is 0 Å². The maximum atomic E-state index is 14.2. The highest BCUT2D eigenvalue weighted by Crippen LogP contribution is 2.42. The van der Waals surface area contributed by atoms with Gasteiger partial charge in [0.25, 0.3) is 0 Å². The second-order valence-corrected chi connectivity index (χ2v) is 6.18. The van der Waals surface area contributed by atoms with Gasteiger partial charge in [0.05, 0.1) is 16.6 Å². The Morgan fingerprint density at radius 3 is 2.32 bits per heavy atom. The van der Waals surface area contributed by atoms with Crippen molar-refractivity contribution in [3.05, 3.63) is 59.4 Å². The Morgan fingerprint density at radius 2 is 1.76 bits per heavy atom. The highest BCUT2D eigenvalue weighted by atomic mass is 19.1. The average Bonchev–Trinajstić information content (AvgIpc) is 2.94. The van der Waals surface area contributed by atoms with Gasteiger partial charge in [-0.15, -0.1) is 0 Å². The van der Waals surface area contributed by atoms with E-state index in [2.05, 4.69) is 4.98 Å². The van der Waals surface area contributed by atoms with Crippen LogP contribution in [0, 0.1) is 17.5 Å². The van der Waals surface area contributed by atoms with Crippen molar-refractivity contribution in [2.45, 2.75) is 25.7 Å². The Balaban J connectivity index is 2.44. The number of H-pyrrole nitrogens is 1. The number of rotatable bonds is 4. The van der Waals surface area contributed by atoms with Crippen LogP contribution in [0.1, 0.15) is 25.8 Å². The van der Waals surface area contributed by atoms with Gasteiger partial charge in [-0.1, -0.05) is 6.92 Å². The first kappa shape index (κ1) is 17.1. The summed E-state index contributed by atoms with van der Waals surface area (Å²) in [5.41, 5.74) is -0.235. The van der Waals surface area contributed by atoms with Crippen LogP contribution in [0.3, 0.4) is 0 Å². The summed E-state index contributed by atoms with van der Waals surface area (Å²) in [5.74, 6) is -3.16. The first-order valence-corrected chi connectivity index (χ1v) is 7.78. The zero-order valence-corrected chi connectivity index (χ0v) is 13.7. The van der Waals surface area contributed by atoms with E-state index in [9.17, 15) is 23.1 Å². The maximum absolute atomic E-state index is 14.2. The van der Waals surface area contributed by atoms with Gasteiger partial charge in [-0.3, -0.25) is 4.79 Å². The fraction of sp³-hybridized carbons (Fsp3) is 0.211. The summed E-state index contributed by atoms with van der Waals surface area (Å²) in [7, 11) is 0. The van der Waals surface area contributed by atoms with Crippen LogP contribution in [0.4, 0.5) is 13.2 Å². The largest absolute Gasteiger partial charge is 0.481 e. The van der Waals surface area contributed by atoms with Crippen LogP contribution in [0.15, 0.2) is 36.4 Å². The number of halogens is 3. The number of hydrogen-bond donors (Lipinski definition) is 2. The van der Waals surface area contributed by atoms with E-state index in [1.807, 2.05) is 0 Å². The molecule has 0 saturated heterocycles. The number of aliphatic carboxylic acids is 1. The van der Waals surface area contributed by atoms with Gasteiger partial charge >= 0.3 is 5.97 Å². The molecule has 1 atom stereocenters. The van der Waals surface area contributed by atoms with Crippen molar-refractivity contribution in [2.24, 2.45) is 0 Å². The predicted octanol–water partition coefficient (Wildman–Crippen LogP) is 5.00. The number of carboxylic acid groups (broad SMARTS) is 1. The van der Waals surface area contributed by atoms with Crippen molar-refractivity contribution in [2.75, 3.05) is 0 Å². The van der Waals surface area contributed by atoms with Gasteiger partial charge in [0.2, 0.25) is 0 Å². The van der Waals surface area contributed by atoms with Crippen molar-refractivity contribution in [1.29, 1.82) is 0 Å². The van der Waals surface area contributed by atoms with Crippen LogP contribution in [0.2, 0.25) is 0 Å². The number of carboxylic acids is 1. The molecular weight excluding hydrogens is 331 g/mol. The molecule has 0 aliphatic carbocycles. The highest BCUT2D eigenvalue weighted by Gasteiger charge is 2.38. The summed E-state index contributed by atoms with van der Waals surface area (Å²) in [4.78, 5) is 14.8.